The SMILES string of the molecule is Cc1nc2nc(C(F)(F)F)c([C@H](C)Nc3ccc(C(=O)N4C[C@@H](C)O[C@@H](C)C4)cc3)cc2c(=O)n1C. The van der Waals surface area contributed by atoms with Crippen LogP contribution in [-0.2, 0) is 18.0 Å². The van der Waals surface area contributed by atoms with Crippen LogP contribution in [0.2, 0.25) is 0 Å². The number of anilines is 1. The Morgan fingerprint density at radius 1 is 1.14 bits per heavy atom. The van der Waals surface area contributed by atoms with Crippen LogP contribution in [0.25, 0.3) is 11.0 Å². The van der Waals surface area contributed by atoms with Crippen LogP contribution in [0.4, 0.5) is 18.9 Å². The molecular weight excluding hydrogens is 475 g/mol. The highest BCUT2D eigenvalue weighted by Gasteiger charge is 2.37. The zero-order valence-corrected chi connectivity index (χ0v) is 20.7. The van der Waals surface area contributed by atoms with Crippen molar-refractivity contribution in [3.63, 3.8) is 0 Å². The Bertz CT molecular complexity index is 1340. The molecule has 1 aromatic carbocycles. The maximum absolute atomic E-state index is 13.9. The molecule has 3 aromatic rings. The summed E-state index contributed by atoms with van der Waals surface area (Å²) in [6.45, 7) is 7.89. The molecule has 0 spiro atoms. The first-order chi connectivity index (χ1) is 16.8. The number of halogens is 3. The van der Waals surface area contributed by atoms with Crippen molar-refractivity contribution in [2.45, 2.75) is 52.1 Å². The average Bonchev–Trinajstić information content (AvgIpc) is 2.81. The van der Waals surface area contributed by atoms with Crippen molar-refractivity contribution in [2.24, 2.45) is 7.05 Å². The van der Waals surface area contributed by atoms with Crippen LogP contribution in [0.15, 0.2) is 35.1 Å². The molecule has 1 aliphatic rings. The summed E-state index contributed by atoms with van der Waals surface area (Å²) in [6.07, 6.45) is -4.86. The van der Waals surface area contributed by atoms with E-state index >= 15 is 0 Å². The van der Waals surface area contributed by atoms with Crippen molar-refractivity contribution in [3.8, 4) is 0 Å². The second kappa shape index (κ2) is 9.53. The second-order valence-electron chi connectivity index (χ2n) is 9.23. The monoisotopic (exact) mass is 503 g/mol. The average molecular weight is 504 g/mol. The molecule has 1 fully saturated rings. The Kier molecular flexibility index (Phi) is 6.78. The number of carbonyl (C=O) groups is 1. The number of hydrogen-bond acceptors (Lipinski definition) is 6. The highest BCUT2D eigenvalue weighted by molar-refractivity contribution is 5.94. The number of aromatic nitrogens is 3. The predicted octanol–water partition coefficient (Wildman–Crippen LogP) is 4.08. The lowest BCUT2D eigenvalue weighted by Gasteiger charge is -2.35. The summed E-state index contributed by atoms with van der Waals surface area (Å²) in [6, 6.07) is 6.91. The zero-order valence-electron chi connectivity index (χ0n) is 20.7. The van der Waals surface area contributed by atoms with Gasteiger partial charge < -0.3 is 15.0 Å². The molecule has 36 heavy (non-hydrogen) atoms. The van der Waals surface area contributed by atoms with Crippen LogP contribution in [-0.4, -0.2) is 50.6 Å². The topological polar surface area (TPSA) is 89.4 Å². The van der Waals surface area contributed by atoms with Gasteiger partial charge in [-0.1, -0.05) is 0 Å². The molecule has 192 valence electrons. The van der Waals surface area contributed by atoms with Gasteiger partial charge in [-0.2, -0.15) is 13.2 Å². The molecule has 0 unspecified atom stereocenters. The lowest BCUT2D eigenvalue weighted by Crippen LogP contribution is -2.48. The quantitative estimate of drug-likeness (QED) is 0.577. The molecule has 1 amide bonds. The number of nitrogens with one attached hydrogen (secondary N) is 1. The first-order valence-corrected chi connectivity index (χ1v) is 11.6. The van der Waals surface area contributed by atoms with Gasteiger partial charge in [-0.3, -0.25) is 14.2 Å². The standard InChI is InChI=1S/C25H28F3N5O3/c1-13-11-33(12-14(2)36-13)23(34)17-6-8-18(9-7-17)29-15(3)19-10-20-22(31-21(19)25(26,27)28)30-16(4)32(5)24(20)35/h6-10,13-15,29H,11-12H2,1-5H3/t13-,14+,15-/m0/s1. The fraction of sp³-hybridized carbons (Fsp3) is 0.440. The minimum Gasteiger partial charge on any atom is -0.378 e. The first-order valence-electron chi connectivity index (χ1n) is 11.6. The van der Waals surface area contributed by atoms with Crippen molar-refractivity contribution in [1.82, 2.24) is 19.4 Å². The number of aryl methyl sites for hydroxylation is 1. The van der Waals surface area contributed by atoms with E-state index in [9.17, 15) is 22.8 Å². The van der Waals surface area contributed by atoms with Gasteiger partial charge in [-0.25, -0.2) is 9.97 Å². The lowest BCUT2D eigenvalue weighted by molar-refractivity contribution is -0.141. The van der Waals surface area contributed by atoms with E-state index in [4.69, 9.17) is 4.74 Å². The number of hydrogen-bond donors (Lipinski definition) is 1. The molecule has 3 heterocycles. The molecule has 0 bridgehead atoms. The minimum atomic E-state index is -4.74. The molecule has 11 heteroatoms. The van der Waals surface area contributed by atoms with Crippen molar-refractivity contribution < 1.29 is 22.7 Å². The third-order valence-electron chi connectivity index (χ3n) is 6.28. The van der Waals surface area contributed by atoms with Crippen LogP contribution >= 0.6 is 0 Å². The summed E-state index contributed by atoms with van der Waals surface area (Å²) in [4.78, 5) is 35.1. The third-order valence-corrected chi connectivity index (χ3v) is 6.28. The zero-order chi connectivity index (χ0) is 26.4. The lowest BCUT2D eigenvalue weighted by atomic mass is 10.0. The number of alkyl halides is 3. The second-order valence-corrected chi connectivity index (χ2v) is 9.23. The van der Waals surface area contributed by atoms with Crippen molar-refractivity contribution in [2.75, 3.05) is 18.4 Å². The van der Waals surface area contributed by atoms with E-state index in [2.05, 4.69) is 15.3 Å². The fourth-order valence-electron chi connectivity index (χ4n) is 4.44. The maximum Gasteiger partial charge on any atom is 0.433 e. The Balaban J connectivity index is 1.61. The summed E-state index contributed by atoms with van der Waals surface area (Å²) < 4.78 is 48.6. The van der Waals surface area contributed by atoms with E-state index in [1.807, 2.05) is 13.8 Å². The Hall–Kier alpha value is -3.47. The van der Waals surface area contributed by atoms with Gasteiger partial charge >= 0.3 is 6.18 Å². The predicted molar refractivity (Wildman–Crippen MR) is 129 cm³/mol. The largest absolute Gasteiger partial charge is 0.433 e. The smallest absolute Gasteiger partial charge is 0.378 e. The molecule has 1 saturated heterocycles. The molecule has 0 radical (unpaired) electrons. The number of carbonyl (C=O) groups excluding carboxylic acids is 1. The molecule has 1 N–H and O–H groups in total. The van der Waals surface area contributed by atoms with Gasteiger partial charge in [0.1, 0.15) is 5.82 Å². The van der Waals surface area contributed by atoms with E-state index in [0.29, 0.717) is 24.3 Å². The van der Waals surface area contributed by atoms with E-state index in [1.54, 1.807) is 36.1 Å². The Morgan fingerprint density at radius 2 is 1.75 bits per heavy atom. The minimum absolute atomic E-state index is 0.00895. The fourth-order valence-corrected chi connectivity index (χ4v) is 4.44. The number of benzene rings is 1. The van der Waals surface area contributed by atoms with E-state index in [-0.39, 0.29) is 40.5 Å². The molecule has 4 rings (SSSR count). The van der Waals surface area contributed by atoms with Crippen molar-refractivity contribution in [1.29, 1.82) is 0 Å². The van der Waals surface area contributed by atoms with Gasteiger partial charge in [0, 0.05) is 37.0 Å². The maximum atomic E-state index is 13.9. The van der Waals surface area contributed by atoms with Gasteiger partial charge in [0.05, 0.1) is 23.6 Å². The van der Waals surface area contributed by atoms with Gasteiger partial charge in [0.25, 0.3) is 11.5 Å². The van der Waals surface area contributed by atoms with Gasteiger partial charge in [0.15, 0.2) is 11.3 Å². The summed E-state index contributed by atoms with van der Waals surface area (Å²) in [5.41, 5.74) is -0.990. The molecule has 8 nitrogen and oxygen atoms in total. The number of amides is 1. The highest BCUT2D eigenvalue weighted by atomic mass is 19.4. The number of rotatable bonds is 4. The van der Waals surface area contributed by atoms with Crippen LogP contribution in [0.1, 0.15) is 54.3 Å². The third kappa shape index (κ3) is 5.06. The number of ether oxygens (including phenoxy) is 1. The van der Waals surface area contributed by atoms with E-state index in [1.165, 1.54) is 24.6 Å². The van der Waals surface area contributed by atoms with Gasteiger partial charge in [-0.15, -0.1) is 0 Å². The summed E-state index contributed by atoms with van der Waals surface area (Å²) >= 11 is 0. The van der Waals surface area contributed by atoms with Crippen LogP contribution in [0.3, 0.4) is 0 Å². The van der Waals surface area contributed by atoms with Crippen LogP contribution < -0.4 is 10.9 Å². The highest BCUT2D eigenvalue weighted by Crippen LogP contribution is 2.35. The number of morpholine rings is 1. The first kappa shape index (κ1) is 25.6. The molecule has 0 aliphatic carbocycles. The summed E-state index contributed by atoms with van der Waals surface area (Å²) in [5.74, 6) is 0.135. The molecular formula is C25H28F3N5O3. The van der Waals surface area contributed by atoms with Crippen molar-refractivity contribution in [3.05, 3.63) is 63.3 Å². The normalized spacial score (nSPS) is 19.4. The number of nitrogens with zero attached hydrogens (tertiary/aromatic N) is 4. The van der Waals surface area contributed by atoms with E-state index in [0.717, 1.165) is 0 Å². The van der Waals surface area contributed by atoms with Crippen LogP contribution in [0.5, 0.6) is 0 Å². The van der Waals surface area contributed by atoms with Crippen LogP contribution in [0, 0.1) is 6.92 Å². The van der Waals surface area contributed by atoms with E-state index < -0.39 is 23.5 Å². The molecule has 1 aliphatic heterocycles. The molecule has 0 saturated carbocycles. The Morgan fingerprint density at radius 3 is 2.33 bits per heavy atom. The van der Waals surface area contributed by atoms with Gasteiger partial charge in [-0.05, 0) is 58.0 Å². The summed E-state index contributed by atoms with van der Waals surface area (Å²) in [5, 5.41) is 3.04. The summed E-state index contributed by atoms with van der Waals surface area (Å²) in [7, 11) is 1.50. The van der Waals surface area contributed by atoms with Crippen molar-refractivity contribution >= 4 is 22.6 Å². The number of pyridine rings is 1. The Labute approximate surface area is 206 Å². The molecule has 3 atom stereocenters. The molecule has 2 aromatic heterocycles. The van der Waals surface area contributed by atoms with Gasteiger partial charge in [0.2, 0.25) is 0 Å². The number of fused-ring (bicyclic) bond motifs is 1.